The van der Waals surface area contributed by atoms with E-state index in [2.05, 4.69) is 11.1 Å². The first-order chi connectivity index (χ1) is 15.2. The number of para-hydroxylation sites is 1. The van der Waals surface area contributed by atoms with Gasteiger partial charge in [-0.2, -0.15) is 5.10 Å². The van der Waals surface area contributed by atoms with E-state index in [0.29, 0.717) is 11.5 Å². The lowest BCUT2D eigenvalue weighted by Gasteiger charge is -2.38. The maximum Gasteiger partial charge on any atom is 0.214 e. The highest BCUT2D eigenvalue weighted by molar-refractivity contribution is 6.02. The molecule has 0 unspecified atom stereocenters. The van der Waals surface area contributed by atoms with E-state index in [0.717, 1.165) is 40.3 Å². The predicted molar refractivity (Wildman–Crippen MR) is 118 cm³/mol. The molecule has 0 bridgehead atoms. The highest BCUT2D eigenvalue weighted by atomic mass is 16.5. The largest absolute Gasteiger partial charge is 0.497 e. The van der Waals surface area contributed by atoms with Crippen LogP contribution in [0.25, 0.3) is 0 Å². The van der Waals surface area contributed by atoms with Crippen molar-refractivity contribution in [2.45, 2.75) is 18.7 Å². The number of hydrazone groups is 1. The van der Waals surface area contributed by atoms with E-state index in [-0.39, 0.29) is 12.3 Å². The second-order valence-electron chi connectivity index (χ2n) is 7.50. The molecule has 0 fully saturated rings. The molecule has 6 heteroatoms. The molecule has 6 nitrogen and oxygen atoms in total. The SMILES string of the molecule is COc1cccc([C@H]2Oc3ccccc3[C@@H]3CC(c4ccc(OC)c(OC)c4)=NN23)c1. The van der Waals surface area contributed by atoms with Crippen molar-refractivity contribution < 1.29 is 18.9 Å². The normalized spacial score (nSPS) is 19.1. The zero-order valence-electron chi connectivity index (χ0n) is 17.7. The van der Waals surface area contributed by atoms with Gasteiger partial charge in [0.15, 0.2) is 11.5 Å². The Morgan fingerprint density at radius 3 is 2.52 bits per heavy atom. The molecule has 0 N–H and O–H groups in total. The average molecular weight is 416 g/mol. The van der Waals surface area contributed by atoms with Crippen LogP contribution in [0.1, 0.15) is 35.4 Å². The smallest absolute Gasteiger partial charge is 0.214 e. The minimum Gasteiger partial charge on any atom is -0.497 e. The Kier molecular flexibility index (Phi) is 4.90. The summed E-state index contributed by atoms with van der Waals surface area (Å²) in [6, 6.07) is 22.1. The van der Waals surface area contributed by atoms with Crippen LogP contribution in [0.5, 0.6) is 23.0 Å². The molecule has 3 aromatic carbocycles. The highest BCUT2D eigenvalue weighted by Gasteiger charge is 2.41. The molecule has 0 aliphatic carbocycles. The van der Waals surface area contributed by atoms with Crippen molar-refractivity contribution in [1.82, 2.24) is 5.01 Å². The fourth-order valence-electron chi connectivity index (χ4n) is 4.24. The fourth-order valence-corrected chi connectivity index (χ4v) is 4.24. The van der Waals surface area contributed by atoms with E-state index in [1.165, 1.54) is 0 Å². The second kappa shape index (κ2) is 7.87. The van der Waals surface area contributed by atoms with Crippen molar-refractivity contribution in [3.05, 3.63) is 83.4 Å². The third-order valence-electron chi connectivity index (χ3n) is 5.79. The van der Waals surface area contributed by atoms with Gasteiger partial charge >= 0.3 is 0 Å². The lowest BCUT2D eigenvalue weighted by Crippen LogP contribution is -2.33. The van der Waals surface area contributed by atoms with E-state index in [1.54, 1.807) is 21.3 Å². The van der Waals surface area contributed by atoms with Gasteiger partial charge in [-0.15, -0.1) is 0 Å². The van der Waals surface area contributed by atoms with Crippen molar-refractivity contribution in [2.75, 3.05) is 21.3 Å². The van der Waals surface area contributed by atoms with Gasteiger partial charge in [-0.1, -0.05) is 30.3 Å². The number of rotatable bonds is 5. The molecule has 2 heterocycles. The molecule has 31 heavy (non-hydrogen) atoms. The summed E-state index contributed by atoms with van der Waals surface area (Å²) in [5.41, 5.74) is 4.13. The summed E-state index contributed by atoms with van der Waals surface area (Å²) >= 11 is 0. The van der Waals surface area contributed by atoms with Crippen molar-refractivity contribution >= 4 is 5.71 Å². The van der Waals surface area contributed by atoms with Gasteiger partial charge in [0.05, 0.1) is 33.1 Å². The van der Waals surface area contributed by atoms with Crippen LogP contribution in [-0.4, -0.2) is 32.0 Å². The van der Waals surface area contributed by atoms with E-state index in [4.69, 9.17) is 24.0 Å². The van der Waals surface area contributed by atoms with Gasteiger partial charge < -0.3 is 18.9 Å². The summed E-state index contributed by atoms with van der Waals surface area (Å²) in [6.45, 7) is 0. The minimum absolute atomic E-state index is 0.0873. The third-order valence-corrected chi connectivity index (χ3v) is 5.79. The monoisotopic (exact) mass is 416 g/mol. The van der Waals surface area contributed by atoms with Crippen LogP contribution in [0.3, 0.4) is 0 Å². The maximum atomic E-state index is 6.42. The molecule has 3 aromatic rings. The van der Waals surface area contributed by atoms with Crippen molar-refractivity contribution in [1.29, 1.82) is 0 Å². The van der Waals surface area contributed by atoms with Gasteiger partial charge in [-0.3, -0.25) is 0 Å². The Morgan fingerprint density at radius 2 is 1.71 bits per heavy atom. The molecule has 0 amide bonds. The number of ether oxygens (including phenoxy) is 4. The molecular formula is C25H24N2O4. The zero-order chi connectivity index (χ0) is 21.4. The van der Waals surface area contributed by atoms with Crippen molar-refractivity contribution in [2.24, 2.45) is 5.10 Å². The lowest BCUT2D eigenvalue weighted by atomic mass is 9.95. The number of nitrogens with zero attached hydrogens (tertiary/aromatic N) is 2. The Bertz CT molecular complexity index is 1140. The van der Waals surface area contributed by atoms with Crippen molar-refractivity contribution in [3.8, 4) is 23.0 Å². The molecular weight excluding hydrogens is 392 g/mol. The molecule has 0 saturated carbocycles. The third kappa shape index (κ3) is 3.34. The first-order valence-electron chi connectivity index (χ1n) is 10.2. The summed E-state index contributed by atoms with van der Waals surface area (Å²) < 4.78 is 22.7. The summed E-state index contributed by atoms with van der Waals surface area (Å²) in [4.78, 5) is 0. The highest BCUT2D eigenvalue weighted by Crippen LogP contribution is 2.48. The number of hydrogen-bond donors (Lipinski definition) is 0. The Balaban J connectivity index is 1.57. The number of methoxy groups -OCH3 is 3. The Labute approximate surface area is 181 Å². The molecule has 0 spiro atoms. The van der Waals surface area contributed by atoms with Gasteiger partial charge in [0.2, 0.25) is 6.23 Å². The first-order valence-corrected chi connectivity index (χ1v) is 10.2. The summed E-state index contributed by atoms with van der Waals surface area (Å²) in [7, 11) is 4.95. The standard InChI is InChI=1S/C25H24N2O4/c1-28-18-8-6-7-17(13-18)25-27-21(19-9-4-5-10-22(19)31-25)15-20(26-27)16-11-12-23(29-2)24(14-16)30-3/h4-14,21,25H,15H2,1-3H3/t21-,25+/m0/s1. The quantitative estimate of drug-likeness (QED) is 0.589. The van der Waals surface area contributed by atoms with Gasteiger partial charge in [-0.25, -0.2) is 5.01 Å². The number of benzene rings is 3. The van der Waals surface area contributed by atoms with Crippen LogP contribution < -0.4 is 18.9 Å². The number of fused-ring (bicyclic) bond motifs is 3. The van der Waals surface area contributed by atoms with Gasteiger partial charge in [0.25, 0.3) is 0 Å². The maximum absolute atomic E-state index is 6.42. The molecule has 0 radical (unpaired) electrons. The summed E-state index contributed by atoms with van der Waals surface area (Å²) in [6.07, 6.45) is 0.434. The number of hydrogen-bond acceptors (Lipinski definition) is 6. The lowest BCUT2D eigenvalue weighted by molar-refractivity contribution is -0.0191. The Hall–Kier alpha value is -3.67. The van der Waals surface area contributed by atoms with Crippen LogP contribution in [0.15, 0.2) is 71.8 Å². The molecule has 0 aromatic heterocycles. The fraction of sp³-hybridized carbons (Fsp3) is 0.240. The molecule has 158 valence electrons. The van der Waals surface area contributed by atoms with Crippen LogP contribution in [0, 0.1) is 0 Å². The molecule has 5 rings (SSSR count). The second-order valence-corrected chi connectivity index (χ2v) is 7.50. The zero-order valence-corrected chi connectivity index (χ0v) is 17.7. The van der Waals surface area contributed by atoms with Crippen LogP contribution in [0.4, 0.5) is 0 Å². The summed E-state index contributed by atoms with van der Waals surface area (Å²) in [5.74, 6) is 3.07. The van der Waals surface area contributed by atoms with E-state index >= 15 is 0 Å². The van der Waals surface area contributed by atoms with Crippen LogP contribution in [0.2, 0.25) is 0 Å². The minimum atomic E-state index is -0.340. The van der Waals surface area contributed by atoms with Gasteiger partial charge in [0, 0.05) is 23.1 Å². The van der Waals surface area contributed by atoms with E-state index in [9.17, 15) is 0 Å². The van der Waals surface area contributed by atoms with Crippen LogP contribution in [-0.2, 0) is 0 Å². The Morgan fingerprint density at radius 1 is 0.871 bits per heavy atom. The molecule has 2 aliphatic rings. The van der Waals surface area contributed by atoms with E-state index in [1.807, 2.05) is 60.7 Å². The molecule has 0 saturated heterocycles. The first kappa shape index (κ1) is 19.3. The topological polar surface area (TPSA) is 52.5 Å². The van der Waals surface area contributed by atoms with Gasteiger partial charge in [0.1, 0.15) is 11.5 Å². The molecule has 2 aliphatic heterocycles. The van der Waals surface area contributed by atoms with Crippen molar-refractivity contribution in [3.63, 3.8) is 0 Å². The molecule has 2 atom stereocenters. The summed E-state index contributed by atoms with van der Waals surface area (Å²) in [5, 5.41) is 7.07. The average Bonchev–Trinajstić information content (AvgIpc) is 3.29. The van der Waals surface area contributed by atoms with Gasteiger partial charge in [-0.05, 0) is 36.4 Å². The van der Waals surface area contributed by atoms with E-state index < -0.39 is 0 Å². The predicted octanol–water partition coefficient (Wildman–Crippen LogP) is 4.95. The van der Waals surface area contributed by atoms with Crippen LogP contribution >= 0.6 is 0 Å².